The van der Waals surface area contributed by atoms with Crippen molar-refractivity contribution in [3.8, 4) is 5.75 Å². The molecule has 1 heterocycles. The van der Waals surface area contributed by atoms with Crippen molar-refractivity contribution in [2.24, 2.45) is 0 Å². The van der Waals surface area contributed by atoms with Crippen molar-refractivity contribution in [2.75, 3.05) is 23.4 Å². The Balaban J connectivity index is 1.78. The number of benzene rings is 1. The highest BCUT2D eigenvalue weighted by Gasteiger charge is 2.21. The third kappa shape index (κ3) is 5.39. The monoisotopic (exact) mass is 421 g/mol. The van der Waals surface area contributed by atoms with Crippen LogP contribution >= 0.6 is 11.8 Å². The van der Waals surface area contributed by atoms with E-state index in [2.05, 4.69) is 15.0 Å². The third-order valence-electron chi connectivity index (χ3n) is 4.35. The van der Waals surface area contributed by atoms with E-state index in [1.807, 2.05) is 0 Å². The second-order valence-corrected chi connectivity index (χ2v) is 9.66. The number of methoxy groups -OCH3 is 1. The van der Waals surface area contributed by atoms with Crippen molar-refractivity contribution in [3.05, 3.63) is 42.1 Å². The van der Waals surface area contributed by atoms with E-state index in [9.17, 15) is 13.2 Å². The highest BCUT2D eigenvalue weighted by molar-refractivity contribution is 8.00. The van der Waals surface area contributed by atoms with Gasteiger partial charge >= 0.3 is 0 Å². The van der Waals surface area contributed by atoms with Gasteiger partial charge in [-0.2, -0.15) is 0 Å². The molecule has 0 spiro atoms. The lowest BCUT2D eigenvalue weighted by Crippen LogP contribution is -2.15. The molecule has 9 heteroatoms. The van der Waals surface area contributed by atoms with Crippen molar-refractivity contribution >= 4 is 39.1 Å². The molecule has 3 rings (SSSR count). The Bertz CT molecular complexity index is 957. The smallest absolute Gasteiger partial charge is 0.258 e. The summed E-state index contributed by atoms with van der Waals surface area (Å²) >= 11 is 1.66. The second-order valence-electron chi connectivity index (χ2n) is 6.62. The van der Waals surface area contributed by atoms with Crippen molar-refractivity contribution in [3.63, 3.8) is 0 Å². The molecule has 1 fully saturated rings. The topological polar surface area (TPSA) is 97.4 Å². The number of nitrogens with zero attached hydrogens (tertiary/aromatic N) is 1. The Kier molecular flexibility index (Phi) is 6.46. The van der Waals surface area contributed by atoms with Crippen LogP contribution < -0.4 is 14.8 Å². The lowest BCUT2D eigenvalue weighted by atomic mass is 10.2. The van der Waals surface area contributed by atoms with Gasteiger partial charge in [-0.25, -0.2) is 13.4 Å². The standard InChI is InChI=1S/C19H23N3O4S2/c1-26-17-12-13(9-10-16(17)22-28(2,24)25)21-18(23)15-8-5-11-20-19(15)27-14-6-3-4-7-14/h5,8-12,14,22H,3-4,6-7H2,1-2H3,(H,21,23). The zero-order chi connectivity index (χ0) is 20.1. The van der Waals surface area contributed by atoms with Crippen LogP contribution in [0.1, 0.15) is 36.0 Å². The van der Waals surface area contributed by atoms with Gasteiger partial charge in [0.1, 0.15) is 10.8 Å². The number of carbonyl (C=O) groups excluding carboxylic acids is 1. The lowest BCUT2D eigenvalue weighted by molar-refractivity contribution is 0.102. The number of thioether (sulfide) groups is 1. The molecule has 1 aromatic carbocycles. The van der Waals surface area contributed by atoms with E-state index in [1.165, 1.54) is 20.0 Å². The molecule has 1 aliphatic rings. The zero-order valence-electron chi connectivity index (χ0n) is 15.8. The molecule has 0 unspecified atom stereocenters. The molecule has 0 atom stereocenters. The Labute approximate surface area is 169 Å². The first-order chi connectivity index (χ1) is 13.4. The summed E-state index contributed by atoms with van der Waals surface area (Å²) in [5, 5.41) is 4.07. The minimum atomic E-state index is -3.43. The Hall–Kier alpha value is -2.26. The maximum absolute atomic E-state index is 12.8. The second kappa shape index (κ2) is 8.83. The summed E-state index contributed by atoms with van der Waals surface area (Å²) in [6.07, 6.45) is 7.50. The van der Waals surface area contributed by atoms with E-state index in [0.717, 1.165) is 24.1 Å². The molecule has 2 N–H and O–H groups in total. The van der Waals surface area contributed by atoms with E-state index in [-0.39, 0.29) is 5.91 Å². The maximum Gasteiger partial charge on any atom is 0.258 e. The molecule has 1 saturated carbocycles. The summed E-state index contributed by atoms with van der Waals surface area (Å²) in [6, 6.07) is 8.25. The van der Waals surface area contributed by atoms with Crippen LogP contribution in [0.2, 0.25) is 0 Å². The van der Waals surface area contributed by atoms with Gasteiger partial charge < -0.3 is 10.1 Å². The first-order valence-electron chi connectivity index (χ1n) is 8.94. The minimum absolute atomic E-state index is 0.264. The first kappa shape index (κ1) is 20.5. The van der Waals surface area contributed by atoms with Gasteiger partial charge in [-0.05, 0) is 37.1 Å². The van der Waals surface area contributed by atoms with Crippen LogP contribution in [0.15, 0.2) is 41.6 Å². The van der Waals surface area contributed by atoms with Crippen LogP contribution in [-0.4, -0.2) is 37.9 Å². The number of rotatable bonds is 7. The molecule has 0 aliphatic heterocycles. The van der Waals surface area contributed by atoms with Gasteiger partial charge in [0.2, 0.25) is 10.0 Å². The molecule has 2 aromatic rings. The van der Waals surface area contributed by atoms with Gasteiger partial charge in [0, 0.05) is 23.2 Å². The van der Waals surface area contributed by atoms with Gasteiger partial charge in [-0.1, -0.05) is 12.8 Å². The fraction of sp³-hybridized carbons (Fsp3) is 0.368. The van der Waals surface area contributed by atoms with E-state index in [4.69, 9.17) is 4.74 Å². The molecule has 0 bridgehead atoms. The minimum Gasteiger partial charge on any atom is -0.494 e. The molecule has 28 heavy (non-hydrogen) atoms. The quantitative estimate of drug-likeness (QED) is 0.707. The summed E-state index contributed by atoms with van der Waals surface area (Å²) in [5.74, 6) is 0.0504. The van der Waals surface area contributed by atoms with Crippen LogP contribution in [0.25, 0.3) is 0 Å². The summed E-state index contributed by atoms with van der Waals surface area (Å²) in [6.45, 7) is 0. The number of carbonyl (C=O) groups is 1. The zero-order valence-corrected chi connectivity index (χ0v) is 17.4. The first-order valence-corrected chi connectivity index (χ1v) is 11.7. The fourth-order valence-electron chi connectivity index (χ4n) is 3.07. The largest absolute Gasteiger partial charge is 0.494 e. The number of amides is 1. The summed E-state index contributed by atoms with van der Waals surface area (Å²) in [4.78, 5) is 17.2. The molecule has 1 amide bonds. The number of ether oxygens (including phenoxy) is 1. The van der Waals surface area contributed by atoms with Crippen molar-refractivity contribution < 1.29 is 17.9 Å². The van der Waals surface area contributed by atoms with Crippen molar-refractivity contribution in [1.29, 1.82) is 0 Å². The molecule has 1 aliphatic carbocycles. The number of pyridine rings is 1. The number of nitrogens with one attached hydrogen (secondary N) is 2. The molecule has 1 aromatic heterocycles. The number of hydrogen-bond acceptors (Lipinski definition) is 6. The van der Waals surface area contributed by atoms with Gasteiger partial charge in [-0.3, -0.25) is 9.52 Å². The number of sulfonamides is 1. The molecule has 150 valence electrons. The average Bonchev–Trinajstić information content (AvgIpc) is 3.15. The highest BCUT2D eigenvalue weighted by atomic mass is 32.2. The average molecular weight is 422 g/mol. The van der Waals surface area contributed by atoms with Gasteiger partial charge in [-0.15, -0.1) is 11.8 Å². The number of aromatic nitrogens is 1. The van der Waals surface area contributed by atoms with Gasteiger partial charge in [0.25, 0.3) is 5.91 Å². The predicted molar refractivity (Wildman–Crippen MR) is 112 cm³/mol. The summed E-state index contributed by atoms with van der Waals surface area (Å²) < 4.78 is 30.5. The van der Waals surface area contributed by atoms with E-state index < -0.39 is 10.0 Å². The fourth-order valence-corrected chi connectivity index (χ4v) is 4.94. The molecule has 0 saturated heterocycles. The molecular formula is C19H23N3O4S2. The summed E-state index contributed by atoms with van der Waals surface area (Å²) in [7, 11) is -2.00. The van der Waals surface area contributed by atoms with Gasteiger partial charge in [0.05, 0.1) is 24.6 Å². The van der Waals surface area contributed by atoms with Gasteiger partial charge in [0.15, 0.2) is 0 Å². The lowest BCUT2D eigenvalue weighted by Gasteiger charge is -2.14. The highest BCUT2D eigenvalue weighted by Crippen LogP contribution is 2.35. The van der Waals surface area contributed by atoms with Crippen LogP contribution in [0.4, 0.5) is 11.4 Å². The van der Waals surface area contributed by atoms with E-state index in [0.29, 0.717) is 27.9 Å². The molecule has 7 nitrogen and oxygen atoms in total. The predicted octanol–water partition coefficient (Wildman–Crippen LogP) is 3.75. The Morgan fingerprint density at radius 2 is 2.00 bits per heavy atom. The number of hydrogen-bond donors (Lipinski definition) is 2. The van der Waals surface area contributed by atoms with Crippen molar-refractivity contribution in [1.82, 2.24) is 4.98 Å². The van der Waals surface area contributed by atoms with Crippen LogP contribution in [-0.2, 0) is 10.0 Å². The van der Waals surface area contributed by atoms with E-state index in [1.54, 1.807) is 48.3 Å². The van der Waals surface area contributed by atoms with Crippen molar-refractivity contribution in [2.45, 2.75) is 36.0 Å². The molecular weight excluding hydrogens is 398 g/mol. The summed E-state index contributed by atoms with van der Waals surface area (Å²) in [5.41, 5.74) is 1.33. The Morgan fingerprint density at radius 1 is 1.25 bits per heavy atom. The van der Waals surface area contributed by atoms with Crippen LogP contribution in [0.3, 0.4) is 0 Å². The van der Waals surface area contributed by atoms with Crippen LogP contribution in [0.5, 0.6) is 5.75 Å². The van der Waals surface area contributed by atoms with E-state index >= 15 is 0 Å². The SMILES string of the molecule is COc1cc(NC(=O)c2cccnc2SC2CCCC2)ccc1NS(C)(=O)=O. The third-order valence-corrected chi connectivity index (χ3v) is 6.30. The number of anilines is 2. The van der Waals surface area contributed by atoms with Crippen LogP contribution in [0, 0.1) is 0 Å². The maximum atomic E-state index is 12.8. The Morgan fingerprint density at radius 3 is 2.68 bits per heavy atom. The normalized spacial score (nSPS) is 14.6. The molecule has 0 radical (unpaired) electrons.